The molecule has 6 nitrogen and oxygen atoms in total. The minimum Gasteiger partial charge on any atom is -0.341 e. The lowest BCUT2D eigenvalue weighted by atomic mass is 9.90. The van der Waals surface area contributed by atoms with Crippen molar-refractivity contribution in [2.45, 2.75) is 69.5 Å². The third kappa shape index (κ3) is 5.61. The molecule has 1 aliphatic heterocycles. The maximum Gasteiger partial charge on any atom is 0.315 e. The number of likely N-dealkylation sites (tertiary alicyclic amines) is 1. The molecule has 1 heterocycles. The van der Waals surface area contributed by atoms with Crippen molar-refractivity contribution >= 4 is 24.3 Å². The highest BCUT2D eigenvalue weighted by Crippen LogP contribution is 2.23. The van der Waals surface area contributed by atoms with Crippen molar-refractivity contribution in [2.75, 3.05) is 13.1 Å². The number of carbonyl (C=O) groups excluding carboxylic acids is 2. The van der Waals surface area contributed by atoms with Gasteiger partial charge in [-0.3, -0.25) is 4.79 Å². The first-order valence-electron chi connectivity index (χ1n) is 10.2. The summed E-state index contributed by atoms with van der Waals surface area (Å²) in [6.45, 7) is 3.01. The van der Waals surface area contributed by atoms with E-state index in [-0.39, 0.29) is 30.4 Å². The normalized spacial score (nSPS) is 20.6. The van der Waals surface area contributed by atoms with E-state index in [9.17, 15) is 9.59 Å². The van der Waals surface area contributed by atoms with Crippen LogP contribution in [0.4, 0.5) is 4.79 Å². The Hall–Kier alpha value is -1.79. The van der Waals surface area contributed by atoms with Crippen LogP contribution in [0.1, 0.15) is 57.4 Å². The Kier molecular flexibility index (Phi) is 8.13. The van der Waals surface area contributed by atoms with Gasteiger partial charge in [0.05, 0.1) is 0 Å². The van der Waals surface area contributed by atoms with Crippen LogP contribution < -0.4 is 16.4 Å². The Balaban J connectivity index is 0.00000280. The molecule has 4 N–H and O–H groups in total. The summed E-state index contributed by atoms with van der Waals surface area (Å²) in [6, 6.07) is 9.84. The SMILES string of the molecule is CC(N)(C(=O)N1CCC(NC(=O)NC2CCCCC2)CC1)c1ccccc1.Cl. The maximum absolute atomic E-state index is 12.9. The molecule has 28 heavy (non-hydrogen) atoms. The van der Waals surface area contributed by atoms with E-state index in [0.717, 1.165) is 31.2 Å². The zero-order valence-corrected chi connectivity index (χ0v) is 17.5. The van der Waals surface area contributed by atoms with Gasteiger partial charge in [0.25, 0.3) is 0 Å². The molecule has 1 saturated carbocycles. The summed E-state index contributed by atoms with van der Waals surface area (Å²) >= 11 is 0. The molecular formula is C21H33ClN4O2. The lowest BCUT2D eigenvalue weighted by Crippen LogP contribution is -2.56. The molecular weight excluding hydrogens is 376 g/mol. The number of nitrogens with two attached hydrogens (primary N) is 1. The van der Waals surface area contributed by atoms with Gasteiger partial charge < -0.3 is 21.3 Å². The average molecular weight is 409 g/mol. The van der Waals surface area contributed by atoms with E-state index in [4.69, 9.17) is 5.73 Å². The van der Waals surface area contributed by atoms with Gasteiger partial charge in [0.15, 0.2) is 0 Å². The van der Waals surface area contributed by atoms with E-state index in [1.165, 1.54) is 19.3 Å². The summed E-state index contributed by atoms with van der Waals surface area (Å²) in [4.78, 5) is 27.0. The fourth-order valence-electron chi connectivity index (χ4n) is 4.12. The van der Waals surface area contributed by atoms with Crippen LogP contribution in [0.2, 0.25) is 0 Å². The van der Waals surface area contributed by atoms with E-state index in [2.05, 4.69) is 10.6 Å². The molecule has 1 saturated heterocycles. The van der Waals surface area contributed by atoms with Crippen molar-refractivity contribution in [2.24, 2.45) is 5.73 Å². The fraction of sp³-hybridized carbons (Fsp3) is 0.619. The Labute approximate surface area is 174 Å². The maximum atomic E-state index is 12.9. The van der Waals surface area contributed by atoms with Crippen LogP contribution in [0.15, 0.2) is 30.3 Å². The van der Waals surface area contributed by atoms with Crippen molar-refractivity contribution in [3.8, 4) is 0 Å². The molecule has 0 aromatic heterocycles. The van der Waals surface area contributed by atoms with Crippen molar-refractivity contribution in [1.82, 2.24) is 15.5 Å². The minimum absolute atomic E-state index is 0. The third-order valence-corrected chi connectivity index (χ3v) is 5.88. The number of urea groups is 1. The standard InChI is InChI=1S/C21H32N4O2.ClH/c1-21(22,16-8-4-2-5-9-16)19(26)25-14-12-18(13-15-25)24-20(27)23-17-10-6-3-7-11-17;/h2,4-5,8-9,17-18H,3,6-7,10-15,22H2,1H3,(H2,23,24,27);1H. The number of rotatable bonds is 4. The second-order valence-corrected chi connectivity index (χ2v) is 8.09. The highest BCUT2D eigenvalue weighted by molar-refractivity contribution is 5.87. The average Bonchev–Trinajstić information content (AvgIpc) is 2.69. The van der Waals surface area contributed by atoms with Gasteiger partial charge in [-0.2, -0.15) is 0 Å². The van der Waals surface area contributed by atoms with E-state index in [1.807, 2.05) is 35.2 Å². The predicted octanol–water partition coefficient (Wildman–Crippen LogP) is 2.91. The molecule has 0 bridgehead atoms. The molecule has 2 fully saturated rings. The van der Waals surface area contributed by atoms with Crippen molar-refractivity contribution in [3.05, 3.63) is 35.9 Å². The van der Waals surface area contributed by atoms with Gasteiger partial charge in [-0.05, 0) is 38.2 Å². The molecule has 0 radical (unpaired) electrons. The molecule has 1 aromatic rings. The summed E-state index contributed by atoms with van der Waals surface area (Å²) in [5.74, 6) is -0.0567. The van der Waals surface area contributed by atoms with Crippen LogP contribution in [0, 0.1) is 0 Å². The minimum atomic E-state index is -1.03. The van der Waals surface area contributed by atoms with Gasteiger partial charge >= 0.3 is 6.03 Å². The molecule has 0 spiro atoms. The molecule has 3 amide bonds. The first-order chi connectivity index (χ1) is 13.0. The number of amides is 3. The quantitative estimate of drug-likeness (QED) is 0.715. The highest BCUT2D eigenvalue weighted by atomic mass is 35.5. The summed E-state index contributed by atoms with van der Waals surface area (Å²) in [6.07, 6.45) is 7.35. The van der Waals surface area contributed by atoms with Gasteiger partial charge in [-0.25, -0.2) is 4.79 Å². The van der Waals surface area contributed by atoms with Crippen LogP contribution in [-0.2, 0) is 10.3 Å². The molecule has 7 heteroatoms. The summed E-state index contributed by atoms with van der Waals surface area (Å²) in [5, 5.41) is 6.17. The Morgan fingerprint density at radius 2 is 1.50 bits per heavy atom. The third-order valence-electron chi connectivity index (χ3n) is 5.88. The van der Waals surface area contributed by atoms with Crippen LogP contribution in [0.3, 0.4) is 0 Å². The monoisotopic (exact) mass is 408 g/mol. The predicted molar refractivity (Wildman–Crippen MR) is 113 cm³/mol. The number of nitrogens with zero attached hydrogens (tertiary/aromatic N) is 1. The smallest absolute Gasteiger partial charge is 0.315 e. The molecule has 1 unspecified atom stereocenters. The van der Waals surface area contributed by atoms with Crippen LogP contribution in [-0.4, -0.2) is 42.0 Å². The van der Waals surface area contributed by atoms with Crippen LogP contribution in [0.5, 0.6) is 0 Å². The number of nitrogens with one attached hydrogen (secondary N) is 2. The van der Waals surface area contributed by atoms with E-state index in [0.29, 0.717) is 19.1 Å². The first-order valence-corrected chi connectivity index (χ1v) is 10.2. The molecule has 3 rings (SSSR count). The number of hydrogen-bond acceptors (Lipinski definition) is 3. The molecule has 1 atom stereocenters. The Morgan fingerprint density at radius 3 is 2.07 bits per heavy atom. The Morgan fingerprint density at radius 1 is 0.964 bits per heavy atom. The summed E-state index contributed by atoms with van der Waals surface area (Å²) in [5.41, 5.74) is 6.15. The van der Waals surface area contributed by atoms with Gasteiger partial charge in [0.2, 0.25) is 5.91 Å². The molecule has 1 aliphatic carbocycles. The second-order valence-electron chi connectivity index (χ2n) is 8.09. The lowest BCUT2D eigenvalue weighted by molar-refractivity contribution is -0.137. The van der Waals surface area contributed by atoms with Gasteiger partial charge in [-0.15, -0.1) is 12.4 Å². The van der Waals surface area contributed by atoms with Gasteiger partial charge in [0, 0.05) is 25.2 Å². The molecule has 156 valence electrons. The number of hydrogen-bond donors (Lipinski definition) is 3. The van der Waals surface area contributed by atoms with E-state index in [1.54, 1.807) is 6.92 Å². The Bertz CT molecular complexity index is 639. The van der Waals surface area contributed by atoms with Crippen LogP contribution in [0.25, 0.3) is 0 Å². The van der Waals surface area contributed by atoms with Crippen molar-refractivity contribution in [3.63, 3.8) is 0 Å². The second kappa shape index (κ2) is 10.1. The fourth-order valence-corrected chi connectivity index (χ4v) is 4.12. The topological polar surface area (TPSA) is 87.5 Å². The highest BCUT2D eigenvalue weighted by Gasteiger charge is 2.36. The van der Waals surface area contributed by atoms with Gasteiger partial charge in [-0.1, -0.05) is 49.6 Å². The number of piperidine rings is 1. The van der Waals surface area contributed by atoms with E-state index < -0.39 is 5.54 Å². The summed E-state index contributed by atoms with van der Waals surface area (Å²) < 4.78 is 0. The number of carbonyl (C=O) groups is 2. The summed E-state index contributed by atoms with van der Waals surface area (Å²) in [7, 11) is 0. The number of halogens is 1. The van der Waals surface area contributed by atoms with E-state index >= 15 is 0 Å². The molecule has 2 aliphatic rings. The van der Waals surface area contributed by atoms with Gasteiger partial charge in [0.1, 0.15) is 5.54 Å². The van der Waals surface area contributed by atoms with Crippen LogP contribution >= 0.6 is 12.4 Å². The molecule has 1 aromatic carbocycles. The number of benzene rings is 1. The zero-order chi connectivity index (χ0) is 19.3. The zero-order valence-electron chi connectivity index (χ0n) is 16.7. The lowest BCUT2D eigenvalue weighted by Gasteiger charge is -2.37. The van der Waals surface area contributed by atoms with Crippen molar-refractivity contribution in [1.29, 1.82) is 0 Å². The first kappa shape index (κ1) is 22.5. The van der Waals surface area contributed by atoms with Crippen molar-refractivity contribution < 1.29 is 9.59 Å². The largest absolute Gasteiger partial charge is 0.341 e.